The Morgan fingerprint density at radius 3 is 2.65 bits per heavy atom. The Balaban J connectivity index is 2.02. The number of amides is 2. The number of rotatable bonds is 5. The highest BCUT2D eigenvalue weighted by Gasteiger charge is 2.18. The molecule has 1 heterocycles. The number of hydrogen-bond acceptors (Lipinski definition) is 3. The molecule has 6 heteroatoms. The van der Waals surface area contributed by atoms with Gasteiger partial charge in [0.15, 0.2) is 5.15 Å². The third-order valence-corrected chi connectivity index (χ3v) is 3.83. The van der Waals surface area contributed by atoms with Crippen LogP contribution in [0.25, 0.3) is 0 Å². The number of carbonyl (C=O) groups excluding carboxylic acids is 1. The number of aryl methyl sites for hydroxylation is 1. The van der Waals surface area contributed by atoms with Crippen LogP contribution in [0.2, 0.25) is 5.15 Å². The van der Waals surface area contributed by atoms with Gasteiger partial charge < -0.3 is 15.3 Å². The van der Waals surface area contributed by atoms with E-state index in [9.17, 15) is 9.90 Å². The molecule has 0 saturated carbocycles. The minimum Gasteiger partial charge on any atom is -0.387 e. The maximum atomic E-state index is 12.3. The molecule has 0 aliphatic rings. The van der Waals surface area contributed by atoms with Crippen LogP contribution in [0.1, 0.15) is 24.2 Å². The molecule has 0 spiro atoms. The van der Waals surface area contributed by atoms with Gasteiger partial charge in [-0.05, 0) is 31.5 Å². The molecule has 0 aliphatic carbocycles. The maximum Gasteiger partial charge on any atom is 0.322 e. The van der Waals surface area contributed by atoms with Crippen molar-refractivity contribution >= 4 is 23.3 Å². The molecule has 1 aromatic carbocycles. The fourth-order valence-corrected chi connectivity index (χ4v) is 2.30. The molecule has 5 nitrogen and oxygen atoms in total. The van der Waals surface area contributed by atoms with Crippen LogP contribution in [0.15, 0.2) is 42.6 Å². The number of urea groups is 1. The van der Waals surface area contributed by atoms with Crippen molar-refractivity contribution in [1.82, 2.24) is 9.88 Å². The summed E-state index contributed by atoms with van der Waals surface area (Å²) in [6.07, 6.45) is 0.808. The van der Waals surface area contributed by atoms with Gasteiger partial charge in [0.05, 0.1) is 18.3 Å². The van der Waals surface area contributed by atoms with Gasteiger partial charge in [-0.25, -0.2) is 9.78 Å². The van der Waals surface area contributed by atoms with Crippen LogP contribution in [0.3, 0.4) is 0 Å². The SMILES string of the molecule is CCN(CC(O)c1ccc(C)cc1)C(=O)Nc1cccnc1Cl. The molecular formula is C17H20ClN3O2. The fraction of sp³-hybridized carbons (Fsp3) is 0.294. The average molecular weight is 334 g/mol. The Morgan fingerprint density at radius 1 is 1.35 bits per heavy atom. The van der Waals surface area contributed by atoms with Gasteiger partial charge in [0, 0.05) is 12.7 Å². The molecule has 2 amide bonds. The molecule has 23 heavy (non-hydrogen) atoms. The second-order valence-electron chi connectivity index (χ2n) is 5.24. The van der Waals surface area contributed by atoms with E-state index in [1.54, 1.807) is 18.3 Å². The summed E-state index contributed by atoms with van der Waals surface area (Å²) < 4.78 is 0. The van der Waals surface area contributed by atoms with Gasteiger partial charge in [-0.1, -0.05) is 41.4 Å². The summed E-state index contributed by atoms with van der Waals surface area (Å²) in [6.45, 7) is 4.50. The molecular weight excluding hydrogens is 314 g/mol. The molecule has 1 atom stereocenters. The first-order valence-electron chi connectivity index (χ1n) is 7.42. The molecule has 2 rings (SSSR count). The molecule has 0 aliphatic heterocycles. The van der Waals surface area contributed by atoms with Gasteiger partial charge in [0.2, 0.25) is 0 Å². The zero-order chi connectivity index (χ0) is 16.8. The summed E-state index contributed by atoms with van der Waals surface area (Å²) in [7, 11) is 0. The number of likely N-dealkylation sites (N-methyl/N-ethyl adjacent to an activating group) is 1. The highest BCUT2D eigenvalue weighted by molar-refractivity contribution is 6.32. The molecule has 2 N–H and O–H groups in total. The van der Waals surface area contributed by atoms with Gasteiger partial charge in [-0.2, -0.15) is 0 Å². The summed E-state index contributed by atoms with van der Waals surface area (Å²) in [4.78, 5) is 17.8. The van der Waals surface area contributed by atoms with Crippen molar-refractivity contribution in [1.29, 1.82) is 0 Å². The fourth-order valence-electron chi connectivity index (χ4n) is 2.13. The lowest BCUT2D eigenvalue weighted by atomic mass is 10.1. The average Bonchev–Trinajstić information content (AvgIpc) is 2.55. The van der Waals surface area contributed by atoms with Crippen LogP contribution < -0.4 is 5.32 Å². The number of nitrogens with zero attached hydrogens (tertiary/aromatic N) is 2. The molecule has 1 unspecified atom stereocenters. The zero-order valence-corrected chi connectivity index (χ0v) is 13.9. The molecule has 122 valence electrons. The molecule has 0 bridgehead atoms. The third-order valence-electron chi connectivity index (χ3n) is 3.53. The summed E-state index contributed by atoms with van der Waals surface area (Å²) in [5.41, 5.74) is 2.35. The van der Waals surface area contributed by atoms with Crippen molar-refractivity contribution < 1.29 is 9.90 Å². The lowest BCUT2D eigenvalue weighted by Crippen LogP contribution is -2.37. The third kappa shape index (κ3) is 4.68. The number of benzene rings is 1. The topological polar surface area (TPSA) is 65.5 Å². The smallest absolute Gasteiger partial charge is 0.322 e. The summed E-state index contributed by atoms with van der Waals surface area (Å²) in [6, 6.07) is 10.6. The van der Waals surface area contributed by atoms with Crippen LogP contribution in [0.5, 0.6) is 0 Å². The number of nitrogens with one attached hydrogen (secondary N) is 1. The van der Waals surface area contributed by atoms with E-state index in [2.05, 4.69) is 10.3 Å². The van der Waals surface area contributed by atoms with E-state index in [0.29, 0.717) is 12.2 Å². The molecule has 1 aromatic heterocycles. The van der Waals surface area contributed by atoms with E-state index in [-0.39, 0.29) is 17.7 Å². The monoisotopic (exact) mass is 333 g/mol. The molecule has 0 saturated heterocycles. The van der Waals surface area contributed by atoms with E-state index in [4.69, 9.17) is 11.6 Å². The van der Waals surface area contributed by atoms with Gasteiger partial charge >= 0.3 is 6.03 Å². The predicted molar refractivity (Wildman–Crippen MR) is 91.7 cm³/mol. The van der Waals surface area contributed by atoms with Crippen LogP contribution in [0.4, 0.5) is 10.5 Å². The number of anilines is 1. The van der Waals surface area contributed by atoms with Gasteiger partial charge in [-0.3, -0.25) is 0 Å². The maximum absolute atomic E-state index is 12.3. The van der Waals surface area contributed by atoms with Crippen LogP contribution >= 0.6 is 11.6 Å². The number of hydrogen-bond donors (Lipinski definition) is 2. The number of aliphatic hydroxyl groups is 1. The zero-order valence-electron chi connectivity index (χ0n) is 13.2. The number of halogens is 1. The number of pyridine rings is 1. The minimum atomic E-state index is -0.745. The lowest BCUT2D eigenvalue weighted by molar-refractivity contribution is 0.128. The largest absolute Gasteiger partial charge is 0.387 e. The minimum absolute atomic E-state index is 0.198. The highest BCUT2D eigenvalue weighted by atomic mass is 35.5. The first-order chi connectivity index (χ1) is 11.0. The Hall–Kier alpha value is -2.11. The second-order valence-corrected chi connectivity index (χ2v) is 5.60. The van der Waals surface area contributed by atoms with E-state index < -0.39 is 6.10 Å². The number of aliphatic hydroxyl groups excluding tert-OH is 1. The van der Waals surface area contributed by atoms with E-state index in [1.165, 1.54) is 4.90 Å². The van der Waals surface area contributed by atoms with Gasteiger partial charge in [0.25, 0.3) is 0 Å². The van der Waals surface area contributed by atoms with Crippen LogP contribution in [0, 0.1) is 6.92 Å². The Labute approximate surface area is 140 Å². The molecule has 2 aromatic rings. The standard InChI is InChI=1S/C17H20ClN3O2/c1-3-21(11-15(22)13-8-6-12(2)7-9-13)17(23)20-14-5-4-10-19-16(14)18/h4-10,15,22H,3,11H2,1-2H3,(H,20,23). The van der Waals surface area contributed by atoms with Crippen LogP contribution in [-0.4, -0.2) is 34.1 Å². The highest BCUT2D eigenvalue weighted by Crippen LogP contribution is 2.19. The predicted octanol–water partition coefficient (Wildman–Crippen LogP) is 3.63. The van der Waals surface area contributed by atoms with E-state index >= 15 is 0 Å². The Bertz CT molecular complexity index is 661. The number of carbonyl (C=O) groups is 1. The normalized spacial score (nSPS) is 11.8. The second kappa shape index (κ2) is 7.94. The van der Waals surface area contributed by atoms with Crippen molar-refractivity contribution in [2.45, 2.75) is 20.0 Å². The van der Waals surface area contributed by atoms with E-state index in [0.717, 1.165) is 11.1 Å². The summed E-state index contributed by atoms with van der Waals surface area (Å²) >= 11 is 5.94. The quantitative estimate of drug-likeness (QED) is 0.821. The van der Waals surface area contributed by atoms with Crippen molar-refractivity contribution in [3.05, 3.63) is 58.9 Å². The van der Waals surface area contributed by atoms with E-state index in [1.807, 2.05) is 38.1 Å². The van der Waals surface area contributed by atoms with Gasteiger partial charge in [-0.15, -0.1) is 0 Å². The van der Waals surface area contributed by atoms with Crippen LogP contribution in [-0.2, 0) is 0 Å². The van der Waals surface area contributed by atoms with Gasteiger partial charge in [0.1, 0.15) is 0 Å². The molecule has 0 fully saturated rings. The first-order valence-corrected chi connectivity index (χ1v) is 7.80. The Morgan fingerprint density at radius 2 is 2.04 bits per heavy atom. The lowest BCUT2D eigenvalue weighted by Gasteiger charge is -2.24. The van der Waals surface area contributed by atoms with Crippen molar-refractivity contribution in [2.24, 2.45) is 0 Å². The summed E-state index contributed by atoms with van der Waals surface area (Å²) in [5, 5.41) is 13.3. The molecule has 0 radical (unpaired) electrons. The Kier molecular flexibility index (Phi) is 5.96. The first kappa shape index (κ1) is 17.2. The summed E-state index contributed by atoms with van der Waals surface area (Å²) in [5.74, 6) is 0. The number of aromatic nitrogens is 1. The van der Waals surface area contributed by atoms with Crippen molar-refractivity contribution in [3.8, 4) is 0 Å². The van der Waals surface area contributed by atoms with Crippen molar-refractivity contribution in [3.63, 3.8) is 0 Å². The van der Waals surface area contributed by atoms with Crippen molar-refractivity contribution in [2.75, 3.05) is 18.4 Å².